The van der Waals surface area contributed by atoms with E-state index in [1.54, 1.807) is 14.2 Å². The van der Waals surface area contributed by atoms with Gasteiger partial charge in [-0.3, -0.25) is 10.7 Å². The summed E-state index contributed by atoms with van der Waals surface area (Å²) in [6.45, 7) is 1.71. The summed E-state index contributed by atoms with van der Waals surface area (Å²) in [6, 6.07) is 5.89. The van der Waals surface area contributed by atoms with Gasteiger partial charge in [0.05, 0.1) is 14.2 Å². The Bertz CT molecular complexity index is 718. The van der Waals surface area contributed by atoms with Crippen LogP contribution in [0.15, 0.2) is 35.1 Å². The van der Waals surface area contributed by atoms with E-state index in [-0.39, 0.29) is 0 Å². The molecule has 1 aliphatic heterocycles. The molecule has 1 atom stereocenters. The van der Waals surface area contributed by atoms with E-state index in [4.69, 9.17) is 15.2 Å². The highest BCUT2D eigenvalue weighted by molar-refractivity contribution is 5.73. The van der Waals surface area contributed by atoms with Gasteiger partial charge in [0.1, 0.15) is 17.3 Å². The highest BCUT2D eigenvalue weighted by Crippen LogP contribution is 2.35. The van der Waals surface area contributed by atoms with Gasteiger partial charge >= 0.3 is 0 Å². The summed E-state index contributed by atoms with van der Waals surface area (Å²) >= 11 is 0. The zero-order valence-electron chi connectivity index (χ0n) is 18.1. The van der Waals surface area contributed by atoms with Crippen molar-refractivity contribution in [1.29, 1.82) is 0 Å². The normalized spacial score (nSPS) is 26.4. The summed E-state index contributed by atoms with van der Waals surface area (Å²) in [5.41, 5.74) is 7.69. The van der Waals surface area contributed by atoms with Crippen molar-refractivity contribution >= 4 is 6.21 Å². The number of nitrogens with one attached hydrogen (secondary N) is 2. The SMILES string of the molecule is COc1cccc(OC)c1CNCC1CCC(C2(N)N=CC=C(N(C)C)N2)CC1. The van der Waals surface area contributed by atoms with Crippen molar-refractivity contribution in [3.05, 3.63) is 35.7 Å². The molecule has 1 heterocycles. The molecule has 0 radical (unpaired) electrons. The van der Waals surface area contributed by atoms with Gasteiger partial charge < -0.3 is 25.0 Å². The van der Waals surface area contributed by atoms with Crippen molar-refractivity contribution in [2.24, 2.45) is 22.6 Å². The lowest BCUT2D eigenvalue weighted by Crippen LogP contribution is -2.60. The Morgan fingerprint density at radius 3 is 2.41 bits per heavy atom. The van der Waals surface area contributed by atoms with Gasteiger partial charge in [0.25, 0.3) is 0 Å². The maximum atomic E-state index is 6.63. The first-order valence-corrected chi connectivity index (χ1v) is 10.4. The van der Waals surface area contributed by atoms with E-state index < -0.39 is 5.79 Å². The van der Waals surface area contributed by atoms with Crippen LogP contribution >= 0.6 is 0 Å². The van der Waals surface area contributed by atoms with Crippen LogP contribution in [0.5, 0.6) is 11.5 Å². The Morgan fingerprint density at radius 2 is 1.83 bits per heavy atom. The van der Waals surface area contributed by atoms with Crippen LogP contribution in [0.4, 0.5) is 0 Å². The van der Waals surface area contributed by atoms with Gasteiger partial charge in [-0.2, -0.15) is 0 Å². The highest BCUT2D eigenvalue weighted by atomic mass is 16.5. The molecule has 0 saturated heterocycles. The maximum Gasteiger partial charge on any atom is 0.186 e. The molecule has 4 N–H and O–H groups in total. The largest absolute Gasteiger partial charge is 0.496 e. The molecular formula is C22H35N5O2. The van der Waals surface area contributed by atoms with Crippen molar-refractivity contribution in [3.8, 4) is 11.5 Å². The predicted molar refractivity (Wildman–Crippen MR) is 117 cm³/mol. The van der Waals surface area contributed by atoms with E-state index in [9.17, 15) is 0 Å². The molecule has 29 heavy (non-hydrogen) atoms. The van der Waals surface area contributed by atoms with E-state index >= 15 is 0 Å². The zero-order chi connectivity index (χ0) is 20.9. The van der Waals surface area contributed by atoms with Crippen molar-refractivity contribution in [2.75, 3.05) is 34.9 Å². The Balaban J connectivity index is 1.49. The molecule has 1 aliphatic carbocycles. The summed E-state index contributed by atoms with van der Waals surface area (Å²) in [4.78, 5) is 6.61. The molecule has 1 aromatic carbocycles. The number of hydrogen-bond acceptors (Lipinski definition) is 7. The van der Waals surface area contributed by atoms with Crippen molar-refractivity contribution in [1.82, 2.24) is 15.5 Å². The molecule has 1 fully saturated rings. The predicted octanol–water partition coefficient (Wildman–Crippen LogP) is 2.29. The number of methoxy groups -OCH3 is 2. The second-order valence-corrected chi connectivity index (χ2v) is 8.16. The standard InChI is InChI=1S/C22H35N5O2/c1-27(2)21-12-13-25-22(23,26-21)17-10-8-16(9-11-17)14-24-15-18-19(28-3)6-5-7-20(18)29-4/h5-7,12-13,16-17,24,26H,8-11,14-15,23H2,1-4H3. The van der Waals surface area contributed by atoms with Crippen molar-refractivity contribution in [2.45, 2.75) is 38.0 Å². The number of rotatable bonds is 8. The average molecular weight is 402 g/mol. The Labute approximate surface area is 174 Å². The number of allylic oxidation sites excluding steroid dienone is 1. The Morgan fingerprint density at radius 1 is 1.17 bits per heavy atom. The van der Waals surface area contributed by atoms with Gasteiger partial charge in [-0.1, -0.05) is 6.07 Å². The molecule has 0 aromatic heterocycles. The number of hydrogen-bond donors (Lipinski definition) is 3. The Hall–Kier alpha value is -2.25. The van der Waals surface area contributed by atoms with Crippen LogP contribution in [-0.4, -0.2) is 51.8 Å². The van der Waals surface area contributed by atoms with E-state index in [0.717, 1.165) is 61.7 Å². The first kappa shape index (κ1) is 21.5. The van der Waals surface area contributed by atoms with Gasteiger partial charge in [0.2, 0.25) is 0 Å². The molecule has 2 aliphatic rings. The van der Waals surface area contributed by atoms with E-state index in [1.165, 1.54) is 0 Å². The summed E-state index contributed by atoms with van der Waals surface area (Å²) in [6.07, 6.45) is 8.25. The Kier molecular flexibility index (Phi) is 7.03. The minimum atomic E-state index is -0.697. The fraction of sp³-hybridized carbons (Fsp3) is 0.591. The van der Waals surface area contributed by atoms with Crippen molar-refractivity contribution < 1.29 is 9.47 Å². The quantitative estimate of drug-likeness (QED) is 0.620. The monoisotopic (exact) mass is 401 g/mol. The fourth-order valence-corrected chi connectivity index (χ4v) is 4.29. The third-order valence-electron chi connectivity index (χ3n) is 6.06. The van der Waals surface area contributed by atoms with Crippen LogP contribution in [0, 0.1) is 11.8 Å². The van der Waals surface area contributed by atoms with Crippen LogP contribution in [0.2, 0.25) is 0 Å². The van der Waals surface area contributed by atoms with Crippen LogP contribution in [0.25, 0.3) is 0 Å². The fourth-order valence-electron chi connectivity index (χ4n) is 4.29. The molecule has 0 spiro atoms. The first-order chi connectivity index (χ1) is 14.0. The lowest BCUT2D eigenvalue weighted by molar-refractivity contribution is 0.146. The van der Waals surface area contributed by atoms with Gasteiger partial charge in [0.15, 0.2) is 5.79 Å². The summed E-state index contributed by atoms with van der Waals surface area (Å²) in [5.74, 6) is 3.02. The van der Waals surface area contributed by atoms with E-state index in [0.29, 0.717) is 11.8 Å². The summed E-state index contributed by atoms with van der Waals surface area (Å²) in [5, 5.41) is 7.02. The minimum absolute atomic E-state index is 0.341. The van der Waals surface area contributed by atoms with E-state index in [1.807, 2.05) is 49.5 Å². The second kappa shape index (κ2) is 9.50. The maximum absolute atomic E-state index is 6.63. The molecule has 7 heteroatoms. The van der Waals surface area contributed by atoms with Crippen LogP contribution in [-0.2, 0) is 6.54 Å². The molecule has 1 unspecified atom stereocenters. The van der Waals surface area contributed by atoms with Crippen LogP contribution in [0.3, 0.4) is 0 Å². The van der Waals surface area contributed by atoms with Gasteiger partial charge in [-0.15, -0.1) is 0 Å². The third kappa shape index (κ3) is 5.03. The number of aliphatic imine (C=N–C) groups is 1. The van der Waals surface area contributed by atoms with Gasteiger partial charge in [-0.05, 0) is 56.4 Å². The molecule has 1 aromatic rings. The molecule has 160 valence electrons. The van der Waals surface area contributed by atoms with Gasteiger partial charge in [0, 0.05) is 38.3 Å². The topological polar surface area (TPSA) is 84.1 Å². The van der Waals surface area contributed by atoms with Crippen LogP contribution in [0.1, 0.15) is 31.2 Å². The molecule has 1 saturated carbocycles. The highest BCUT2D eigenvalue weighted by Gasteiger charge is 2.38. The lowest BCUT2D eigenvalue weighted by atomic mass is 9.78. The second-order valence-electron chi connectivity index (χ2n) is 8.16. The number of benzene rings is 1. The zero-order valence-corrected chi connectivity index (χ0v) is 18.1. The molecular weight excluding hydrogens is 366 g/mol. The molecule has 7 nitrogen and oxygen atoms in total. The number of ether oxygens (including phenoxy) is 2. The number of nitrogens with two attached hydrogens (primary N) is 1. The molecule has 0 bridgehead atoms. The smallest absolute Gasteiger partial charge is 0.186 e. The summed E-state index contributed by atoms with van der Waals surface area (Å²) in [7, 11) is 7.41. The average Bonchev–Trinajstić information content (AvgIpc) is 2.74. The molecule has 3 rings (SSSR count). The van der Waals surface area contributed by atoms with Crippen molar-refractivity contribution in [3.63, 3.8) is 0 Å². The van der Waals surface area contributed by atoms with E-state index in [2.05, 4.69) is 15.6 Å². The minimum Gasteiger partial charge on any atom is -0.496 e. The van der Waals surface area contributed by atoms with Gasteiger partial charge in [-0.25, -0.2) is 0 Å². The third-order valence-corrected chi connectivity index (χ3v) is 6.06. The number of nitrogens with zero attached hydrogens (tertiary/aromatic N) is 2. The first-order valence-electron chi connectivity index (χ1n) is 10.4. The van der Waals surface area contributed by atoms with Crippen LogP contribution < -0.4 is 25.8 Å². The lowest BCUT2D eigenvalue weighted by Gasteiger charge is -2.42. The molecule has 0 amide bonds. The summed E-state index contributed by atoms with van der Waals surface area (Å²) < 4.78 is 11.0.